The summed E-state index contributed by atoms with van der Waals surface area (Å²) >= 11 is 1.88. The predicted molar refractivity (Wildman–Crippen MR) is 243 cm³/mol. The van der Waals surface area contributed by atoms with Gasteiger partial charge in [-0.05, 0) is 114 Å². The summed E-state index contributed by atoms with van der Waals surface area (Å²) in [5, 5.41) is 10.2. The minimum absolute atomic E-state index is 1.10. The van der Waals surface area contributed by atoms with Crippen LogP contribution in [0.2, 0.25) is 0 Å². The largest absolute Gasteiger partial charge is 0.310 e. The van der Waals surface area contributed by atoms with Crippen molar-refractivity contribution in [3.8, 4) is 33.4 Å². The molecule has 0 spiro atoms. The molecule has 0 radical (unpaired) electrons. The summed E-state index contributed by atoms with van der Waals surface area (Å²) in [6, 6.07) is 77.8. The van der Waals surface area contributed by atoms with Gasteiger partial charge in [0.2, 0.25) is 0 Å². The van der Waals surface area contributed by atoms with Crippen LogP contribution in [-0.4, -0.2) is 0 Å². The quantitative estimate of drug-likeness (QED) is 0.154. The van der Waals surface area contributed by atoms with Gasteiger partial charge in [0.1, 0.15) is 0 Å². The van der Waals surface area contributed by atoms with Crippen molar-refractivity contribution in [1.82, 2.24) is 0 Å². The van der Waals surface area contributed by atoms with Gasteiger partial charge in [0.25, 0.3) is 0 Å². The van der Waals surface area contributed by atoms with Gasteiger partial charge >= 0.3 is 0 Å². The van der Waals surface area contributed by atoms with Gasteiger partial charge < -0.3 is 4.90 Å². The molecule has 11 aromatic rings. The summed E-state index contributed by atoms with van der Waals surface area (Å²) < 4.78 is 2.65. The van der Waals surface area contributed by atoms with Crippen LogP contribution < -0.4 is 4.90 Å². The van der Waals surface area contributed by atoms with Crippen LogP contribution in [-0.2, 0) is 0 Å². The van der Waals surface area contributed by atoms with Crippen LogP contribution in [0.1, 0.15) is 0 Å². The van der Waals surface area contributed by atoms with Gasteiger partial charge in [-0.15, -0.1) is 11.3 Å². The number of benzene rings is 10. The molecule has 0 unspecified atom stereocenters. The summed E-state index contributed by atoms with van der Waals surface area (Å²) in [6.45, 7) is 0. The summed E-state index contributed by atoms with van der Waals surface area (Å²) in [7, 11) is 0. The molecule has 0 amide bonds. The smallest absolute Gasteiger partial charge is 0.0473 e. The minimum atomic E-state index is 1.10. The molecule has 0 aliphatic heterocycles. The van der Waals surface area contributed by atoms with Gasteiger partial charge in [-0.2, -0.15) is 0 Å². The third-order valence-electron chi connectivity index (χ3n) is 11.2. The van der Waals surface area contributed by atoms with Gasteiger partial charge in [-0.3, -0.25) is 0 Å². The van der Waals surface area contributed by atoms with Gasteiger partial charge in [0.15, 0.2) is 0 Å². The minimum Gasteiger partial charge on any atom is -0.310 e. The second-order valence-corrected chi connectivity index (χ2v) is 15.5. The molecular formula is C54H35NS. The van der Waals surface area contributed by atoms with Crippen LogP contribution in [0, 0.1) is 0 Å². The molecule has 1 heterocycles. The topological polar surface area (TPSA) is 3.24 Å². The third kappa shape index (κ3) is 5.46. The molecule has 1 aromatic heterocycles. The SMILES string of the molecule is c1ccc(-c2cc(-c3ccccc3)cc(N(c3ccc(-c4cccc5c4sc4ccccc45)cc3)c3ccc4c5ccccc5c5ccccc5c4c3)c2)cc1. The van der Waals surface area contributed by atoms with Crippen LogP contribution >= 0.6 is 11.3 Å². The van der Waals surface area contributed by atoms with Crippen LogP contribution in [0.5, 0.6) is 0 Å². The fraction of sp³-hybridized carbons (Fsp3) is 0. The lowest BCUT2D eigenvalue weighted by Crippen LogP contribution is -2.10. The van der Waals surface area contributed by atoms with E-state index in [-0.39, 0.29) is 0 Å². The lowest BCUT2D eigenvalue weighted by Gasteiger charge is -2.28. The molecule has 0 atom stereocenters. The van der Waals surface area contributed by atoms with Crippen molar-refractivity contribution in [3.05, 3.63) is 212 Å². The Bertz CT molecular complexity index is 3140. The molecule has 1 nitrogen and oxygen atoms in total. The highest BCUT2D eigenvalue weighted by Crippen LogP contribution is 2.45. The Balaban J connectivity index is 1.14. The van der Waals surface area contributed by atoms with E-state index < -0.39 is 0 Å². The zero-order valence-electron chi connectivity index (χ0n) is 30.6. The van der Waals surface area contributed by atoms with Crippen molar-refractivity contribution in [2.45, 2.75) is 0 Å². The van der Waals surface area contributed by atoms with E-state index in [1.54, 1.807) is 0 Å². The van der Waals surface area contributed by atoms with Crippen LogP contribution in [0.3, 0.4) is 0 Å². The predicted octanol–water partition coefficient (Wildman–Crippen LogP) is 16.0. The number of hydrogen-bond donors (Lipinski definition) is 0. The van der Waals surface area contributed by atoms with Gasteiger partial charge in [-0.1, -0.05) is 164 Å². The highest BCUT2D eigenvalue weighted by atomic mass is 32.1. The second-order valence-electron chi connectivity index (χ2n) is 14.5. The number of rotatable bonds is 6. The Morgan fingerprint density at radius 2 is 0.768 bits per heavy atom. The van der Waals surface area contributed by atoms with Crippen molar-refractivity contribution in [1.29, 1.82) is 0 Å². The molecule has 56 heavy (non-hydrogen) atoms. The summed E-state index contributed by atoms with van der Waals surface area (Å²) in [6.07, 6.45) is 0. The second kappa shape index (κ2) is 13.4. The average Bonchev–Trinajstić information content (AvgIpc) is 3.66. The Morgan fingerprint density at radius 1 is 0.268 bits per heavy atom. The molecule has 0 saturated carbocycles. The van der Waals surface area contributed by atoms with E-state index in [0.717, 1.165) is 17.1 Å². The highest BCUT2D eigenvalue weighted by Gasteiger charge is 2.19. The first kappa shape index (κ1) is 32.4. The molecular weight excluding hydrogens is 695 g/mol. The van der Waals surface area contributed by atoms with Crippen molar-refractivity contribution < 1.29 is 0 Å². The molecule has 0 N–H and O–H groups in total. The van der Waals surface area contributed by atoms with Crippen LogP contribution in [0.25, 0.3) is 85.9 Å². The monoisotopic (exact) mass is 729 g/mol. The number of nitrogens with zero attached hydrogens (tertiary/aromatic N) is 1. The van der Waals surface area contributed by atoms with Crippen molar-refractivity contribution in [2.75, 3.05) is 4.90 Å². The maximum absolute atomic E-state index is 2.44. The lowest BCUT2D eigenvalue weighted by atomic mass is 9.93. The number of anilines is 3. The Kier molecular flexibility index (Phi) is 7.75. The summed E-state index contributed by atoms with van der Waals surface area (Å²) in [5.74, 6) is 0. The molecule has 11 rings (SSSR count). The molecule has 0 aliphatic rings. The highest BCUT2D eigenvalue weighted by molar-refractivity contribution is 7.26. The normalized spacial score (nSPS) is 11.6. The van der Waals surface area contributed by atoms with Crippen molar-refractivity contribution >= 4 is 80.9 Å². The van der Waals surface area contributed by atoms with Crippen LogP contribution in [0.15, 0.2) is 212 Å². The van der Waals surface area contributed by atoms with E-state index >= 15 is 0 Å². The van der Waals surface area contributed by atoms with Crippen LogP contribution in [0.4, 0.5) is 17.1 Å². The van der Waals surface area contributed by atoms with Crippen molar-refractivity contribution in [3.63, 3.8) is 0 Å². The third-order valence-corrected chi connectivity index (χ3v) is 12.4. The first-order chi connectivity index (χ1) is 27.8. The van der Waals surface area contributed by atoms with E-state index in [9.17, 15) is 0 Å². The van der Waals surface area contributed by atoms with E-state index in [1.165, 1.54) is 85.9 Å². The maximum Gasteiger partial charge on any atom is 0.0473 e. The fourth-order valence-electron chi connectivity index (χ4n) is 8.58. The zero-order chi connectivity index (χ0) is 37.0. The summed E-state index contributed by atoms with van der Waals surface area (Å²) in [5.41, 5.74) is 10.5. The van der Waals surface area contributed by atoms with Gasteiger partial charge in [0, 0.05) is 37.2 Å². The summed E-state index contributed by atoms with van der Waals surface area (Å²) in [4.78, 5) is 2.44. The first-order valence-electron chi connectivity index (χ1n) is 19.2. The van der Waals surface area contributed by atoms with Crippen molar-refractivity contribution in [2.24, 2.45) is 0 Å². The molecule has 0 aliphatic carbocycles. The number of hydrogen-bond acceptors (Lipinski definition) is 2. The van der Waals surface area contributed by atoms with E-state index in [1.807, 2.05) is 11.3 Å². The Labute approximate surface area is 330 Å². The number of fused-ring (bicyclic) bond motifs is 9. The lowest BCUT2D eigenvalue weighted by molar-refractivity contribution is 1.29. The first-order valence-corrected chi connectivity index (χ1v) is 20.0. The zero-order valence-corrected chi connectivity index (χ0v) is 31.4. The van der Waals surface area contributed by atoms with E-state index in [2.05, 4.69) is 217 Å². The standard InChI is InChI=1S/C54H35NS/c1-3-14-36(15-4-1)39-32-40(37-16-5-2-6-17-37)34-43(33-39)55(42-30-31-49-47-20-8-7-18-45(47)46-19-9-10-21-48(46)52(49)35-42)41-28-26-38(27-29-41)44-23-13-24-51-50-22-11-12-25-53(50)56-54(44)51/h1-35H. The molecule has 262 valence electrons. The molecule has 0 bridgehead atoms. The maximum atomic E-state index is 2.44. The van der Waals surface area contributed by atoms with E-state index in [0.29, 0.717) is 0 Å². The molecule has 0 fully saturated rings. The molecule has 0 saturated heterocycles. The Hall–Kier alpha value is -7.00. The van der Waals surface area contributed by atoms with Gasteiger partial charge in [-0.25, -0.2) is 0 Å². The van der Waals surface area contributed by atoms with E-state index in [4.69, 9.17) is 0 Å². The Morgan fingerprint density at radius 3 is 1.39 bits per heavy atom. The average molecular weight is 730 g/mol. The fourth-order valence-corrected chi connectivity index (χ4v) is 9.82. The molecule has 10 aromatic carbocycles. The molecule has 2 heteroatoms. The van der Waals surface area contributed by atoms with Gasteiger partial charge in [0.05, 0.1) is 0 Å². The number of thiophene rings is 1.